The number of anilines is 4. The van der Waals surface area contributed by atoms with Crippen LogP contribution in [0.15, 0.2) is 61.5 Å². The number of hydrogen-bond donors (Lipinski definition) is 3. The number of aromatic nitrogens is 2. The van der Waals surface area contributed by atoms with Crippen molar-refractivity contribution in [1.82, 2.24) is 9.97 Å². The fraction of sp³-hybridized carbons (Fsp3) is 0.200. The Kier molecular flexibility index (Phi) is 7.10. The minimum atomic E-state index is 0.253. The molecule has 0 aliphatic heterocycles. The first kappa shape index (κ1) is 23.6. The molecule has 180 valence electrons. The molecule has 4 rings (SSSR count). The van der Waals surface area contributed by atoms with Crippen LogP contribution in [0.1, 0.15) is 34.2 Å². The molecule has 10 nitrogen and oxygen atoms in total. The Morgan fingerprint density at radius 2 is 1.40 bits per heavy atom. The molecule has 3 N–H and O–H groups in total. The number of para-hydroxylation sites is 2. The third kappa shape index (κ3) is 6.05. The number of nitrogens with zero attached hydrogens (tertiary/aromatic N) is 4. The van der Waals surface area contributed by atoms with Crippen molar-refractivity contribution in [2.75, 3.05) is 23.3 Å². The molecule has 1 aromatic carbocycles. The average molecular weight is 474 g/mol. The van der Waals surface area contributed by atoms with Crippen molar-refractivity contribution in [3.05, 3.63) is 76.6 Å². The van der Waals surface area contributed by atoms with Crippen LogP contribution in [0, 0.1) is 27.7 Å². The van der Waals surface area contributed by atoms with Crippen LogP contribution < -0.4 is 20.9 Å². The fourth-order valence-electron chi connectivity index (χ4n) is 3.15. The molecule has 0 atom stereocenters. The summed E-state index contributed by atoms with van der Waals surface area (Å²) in [4.78, 5) is 8.93. The number of ether oxygens (including phenoxy) is 1. The van der Waals surface area contributed by atoms with Gasteiger partial charge in [-0.05, 0) is 63.1 Å². The van der Waals surface area contributed by atoms with Gasteiger partial charge in [-0.1, -0.05) is 12.1 Å². The number of nitrogens with one attached hydrogen (secondary N) is 3. The first-order valence-corrected chi connectivity index (χ1v) is 10.9. The zero-order valence-electron chi connectivity index (χ0n) is 20.2. The first-order chi connectivity index (χ1) is 16.9. The smallest absolute Gasteiger partial charge is 0.247 e. The first-order valence-electron chi connectivity index (χ1n) is 10.9. The second kappa shape index (κ2) is 10.6. The SMILES string of the molecule is COc1ccccc1Nc1cc(NN=Cc2cc(C)c(C)o2)nc(NN=Cc2cc(C)c(C)o2)n1. The van der Waals surface area contributed by atoms with Crippen molar-refractivity contribution < 1.29 is 13.6 Å². The van der Waals surface area contributed by atoms with E-state index in [0.717, 1.165) is 28.3 Å². The van der Waals surface area contributed by atoms with Gasteiger partial charge in [-0.15, -0.1) is 0 Å². The third-order valence-corrected chi connectivity index (χ3v) is 5.19. The third-order valence-electron chi connectivity index (χ3n) is 5.19. The Morgan fingerprint density at radius 1 is 0.800 bits per heavy atom. The normalized spacial score (nSPS) is 11.3. The van der Waals surface area contributed by atoms with Gasteiger partial charge in [-0.3, -0.25) is 5.43 Å². The largest absolute Gasteiger partial charge is 0.495 e. The highest BCUT2D eigenvalue weighted by molar-refractivity contribution is 5.78. The van der Waals surface area contributed by atoms with E-state index in [1.807, 2.05) is 64.1 Å². The lowest BCUT2D eigenvalue weighted by molar-refractivity contribution is 0.417. The molecule has 0 fully saturated rings. The van der Waals surface area contributed by atoms with Crippen LogP contribution in [0.3, 0.4) is 0 Å². The highest BCUT2D eigenvalue weighted by Gasteiger charge is 2.08. The fourth-order valence-corrected chi connectivity index (χ4v) is 3.15. The molecule has 3 aromatic heterocycles. The second-order valence-corrected chi connectivity index (χ2v) is 7.80. The van der Waals surface area contributed by atoms with Gasteiger partial charge in [0.15, 0.2) is 5.82 Å². The molecular formula is C25H27N7O3. The highest BCUT2D eigenvalue weighted by atomic mass is 16.5. The van der Waals surface area contributed by atoms with Crippen LogP contribution in [-0.2, 0) is 0 Å². The van der Waals surface area contributed by atoms with E-state index in [0.29, 0.717) is 28.9 Å². The number of benzene rings is 1. The summed E-state index contributed by atoms with van der Waals surface area (Å²) < 4.78 is 16.7. The average Bonchev–Trinajstić information content (AvgIpc) is 3.33. The van der Waals surface area contributed by atoms with Crippen molar-refractivity contribution in [3.8, 4) is 5.75 Å². The van der Waals surface area contributed by atoms with Gasteiger partial charge in [0.05, 0.1) is 25.2 Å². The maximum Gasteiger partial charge on any atom is 0.247 e. The molecule has 0 spiro atoms. The number of furan rings is 2. The van der Waals surface area contributed by atoms with E-state index in [1.165, 1.54) is 0 Å². The van der Waals surface area contributed by atoms with Crippen LogP contribution in [0.25, 0.3) is 0 Å². The topological polar surface area (TPSA) is 122 Å². The molecule has 0 saturated carbocycles. The standard InChI is InChI=1S/C25H27N7O3/c1-15-10-19(34-17(15)3)13-26-31-24-12-23(28-21-8-6-7-9-22(21)33-5)29-25(30-24)32-27-14-20-11-16(2)18(4)35-20/h6-14H,1-5H3,(H3,28,29,30,31,32). The molecular weight excluding hydrogens is 446 g/mol. The summed E-state index contributed by atoms with van der Waals surface area (Å²) in [6.07, 6.45) is 3.15. The van der Waals surface area contributed by atoms with Gasteiger partial charge < -0.3 is 18.9 Å². The Bertz CT molecular complexity index is 1260. The lowest BCUT2D eigenvalue weighted by atomic mass is 10.3. The summed E-state index contributed by atoms with van der Waals surface area (Å²) in [6, 6.07) is 13.1. The Balaban J connectivity index is 1.56. The molecule has 0 bridgehead atoms. The van der Waals surface area contributed by atoms with E-state index in [2.05, 4.69) is 36.3 Å². The molecule has 10 heteroatoms. The van der Waals surface area contributed by atoms with Crippen LogP contribution in [-0.4, -0.2) is 29.5 Å². The second-order valence-electron chi connectivity index (χ2n) is 7.80. The van der Waals surface area contributed by atoms with Crippen molar-refractivity contribution in [2.24, 2.45) is 10.2 Å². The molecule has 3 heterocycles. The van der Waals surface area contributed by atoms with E-state index < -0.39 is 0 Å². The molecule has 0 unspecified atom stereocenters. The van der Waals surface area contributed by atoms with Gasteiger partial charge >= 0.3 is 0 Å². The molecule has 0 aliphatic carbocycles. The molecule has 35 heavy (non-hydrogen) atoms. The predicted molar refractivity (Wildman–Crippen MR) is 137 cm³/mol. The molecule has 0 amide bonds. The Hall–Kier alpha value is -4.60. The van der Waals surface area contributed by atoms with Crippen molar-refractivity contribution >= 4 is 35.7 Å². The summed E-state index contributed by atoms with van der Waals surface area (Å²) in [5, 5.41) is 11.7. The maximum atomic E-state index is 5.62. The summed E-state index contributed by atoms with van der Waals surface area (Å²) in [5.41, 5.74) is 8.62. The van der Waals surface area contributed by atoms with Gasteiger partial charge in [-0.2, -0.15) is 20.2 Å². The lowest BCUT2D eigenvalue weighted by Crippen LogP contribution is -2.04. The minimum absolute atomic E-state index is 0.253. The van der Waals surface area contributed by atoms with Gasteiger partial charge in [0.1, 0.15) is 34.6 Å². The number of rotatable bonds is 9. The summed E-state index contributed by atoms with van der Waals surface area (Å²) in [6.45, 7) is 7.77. The van der Waals surface area contributed by atoms with E-state index in [-0.39, 0.29) is 5.95 Å². The van der Waals surface area contributed by atoms with E-state index >= 15 is 0 Å². The van der Waals surface area contributed by atoms with E-state index in [1.54, 1.807) is 25.6 Å². The van der Waals surface area contributed by atoms with Crippen molar-refractivity contribution in [3.63, 3.8) is 0 Å². The minimum Gasteiger partial charge on any atom is -0.495 e. The maximum absolute atomic E-state index is 5.62. The summed E-state index contributed by atoms with van der Waals surface area (Å²) >= 11 is 0. The highest BCUT2D eigenvalue weighted by Crippen LogP contribution is 2.27. The molecule has 0 aliphatic rings. The van der Waals surface area contributed by atoms with E-state index in [4.69, 9.17) is 13.6 Å². The van der Waals surface area contributed by atoms with Gasteiger partial charge in [0.25, 0.3) is 0 Å². The summed E-state index contributed by atoms with van der Waals surface area (Å²) in [7, 11) is 1.61. The van der Waals surface area contributed by atoms with Crippen LogP contribution in [0.5, 0.6) is 5.75 Å². The van der Waals surface area contributed by atoms with Crippen molar-refractivity contribution in [1.29, 1.82) is 0 Å². The zero-order chi connectivity index (χ0) is 24.8. The van der Waals surface area contributed by atoms with Crippen LogP contribution in [0.4, 0.5) is 23.3 Å². The number of hydrazone groups is 2. The van der Waals surface area contributed by atoms with Gasteiger partial charge in [0.2, 0.25) is 5.95 Å². The van der Waals surface area contributed by atoms with Gasteiger partial charge in [0, 0.05) is 6.07 Å². The van der Waals surface area contributed by atoms with Crippen molar-refractivity contribution in [2.45, 2.75) is 27.7 Å². The number of methoxy groups -OCH3 is 1. The van der Waals surface area contributed by atoms with Crippen LogP contribution >= 0.6 is 0 Å². The zero-order valence-corrected chi connectivity index (χ0v) is 20.2. The monoisotopic (exact) mass is 473 g/mol. The Morgan fingerprint density at radius 3 is 2.00 bits per heavy atom. The molecule has 0 radical (unpaired) electrons. The van der Waals surface area contributed by atoms with Gasteiger partial charge in [-0.25, -0.2) is 5.43 Å². The number of aryl methyl sites for hydroxylation is 4. The molecule has 4 aromatic rings. The van der Waals surface area contributed by atoms with E-state index in [9.17, 15) is 0 Å². The quantitative estimate of drug-likeness (QED) is 0.214. The number of hydrogen-bond acceptors (Lipinski definition) is 10. The summed E-state index contributed by atoms with van der Waals surface area (Å²) in [5.74, 6) is 4.84. The predicted octanol–water partition coefficient (Wildman–Crippen LogP) is 5.54. The van der Waals surface area contributed by atoms with Crippen LogP contribution in [0.2, 0.25) is 0 Å². The Labute approximate surface area is 203 Å². The molecule has 0 saturated heterocycles. The lowest BCUT2D eigenvalue weighted by Gasteiger charge is -2.12.